The van der Waals surface area contributed by atoms with E-state index in [1.165, 1.54) is 0 Å². The minimum atomic E-state index is -0.659. The van der Waals surface area contributed by atoms with Gasteiger partial charge in [-0.1, -0.05) is 12.1 Å². The summed E-state index contributed by atoms with van der Waals surface area (Å²) in [4.78, 5) is 10.7. The molecule has 0 saturated carbocycles. The van der Waals surface area contributed by atoms with Crippen LogP contribution in [0.25, 0.3) is 0 Å². The van der Waals surface area contributed by atoms with Crippen molar-refractivity contribution in [2.24, 2.45) is 5.84 Å². The van der Waals surface area contributed by atoms with E-state index in [1.807, 2.05) is 23.6 Å². The lowest BCUT2D eigenvalue weighted by Crippen LogP contribution is -2.30. The Bertz CT molecular complexity index is 315. The van der Waals surface area contributed by atoms with Crippen LogP contribution >= 0.6 is 0 Å². The SMILES string of the molecule is COc1cccc(COC(=O)NN)c1. The Hall–Kier alpha value is -1.75. The van der Waals surface area contributed by atoms with E-state index in [-0.39, 0.29) is 6.61 Å². The number of carbonyl (C=O) groups is 1. The van der Waals surface area contributed by atoms with Crippen LogP contribution in [0.4, 0.5) is 4.79 Å². The molecule has 0 bridgehead atoms. The Labute approximate surface area is 81.8 Å². The van der Waals surface area contributed by atoms with Gasteiger partial charge < -0.3 is 9.47 Å². The highest BCUT2D eigenvalue weighted by Crippen LogP contribution is 2.12. The number of nitrogens with two attached hydrogens (primary N) is 1. The Morgan fingerprint density at radius 3 is 3.00 bits per heavy atom. The molecule has 0 aliphatic rings. The second-order valence-electron chi connectivity index (χ2n) is 2.57. The van der Waals surface area contributed by atoms with Gasteiger partial charge in [-0.15, -0.1) is 0 Å². The first-order valence-electron chi connectivity index (χ1n) is 4.02. The Kier molecular flexibility index (Phi) is 3.75. The van der Waals surface area contributed by atoms with E-state index in [4.69, 9.17) is 15.3 Å². The second kappa shape index (κ2) is 5.08. The fourth-order valence-electron chi connectivity index (χ4n) is 0.953. The summed E-state index contributed by atoms with van der Waals surface area (Å²) in [5, 5.41) is 0. The van der Waals surface area contributed by atoms with E-state index in [1.54, 1.807) is 13.2 Å². The molecule has 1 amide bonds. The van der Waals surface area contributed by atoms with Crippen molar-refractivity contribution in [2.45, 2.75) is 6.61 Å². The molecule has 0 spiro atoms. The third-order valence-corrected chi connectivity index (χ3v) is 1.62. The van der Waals surface area contributed by atoms with Gasteiger partial charge in [-0.2, -0.15) is 0 Å². The standard InChI is InChI=1S/C9H12N2O3/c1-13-8-4-2-3-7(5-8)6-14-9(12)11-10/h2-5H,6,10H2,1H3,(H,11,12). The molecule has 0 radical (unpaired) electrons. The lowest BCUT2D eigenvalue weighted by molar-refractivity contribution is 0.139. The summed E-state index contributed by atoms with van der Waals surface area (Å²) in [6.45, 7) is 0.167. The molecule has 0 aromatic heterocycles. The number of amides is 1. The molecule has 0 aliphatic carbocycles. The minimum absolute atomic E-state index is 0.167. The van der Waals surface area contributed by atoms with Gasteiger partial charge in [-0.05, 0) is 17.7 Å². The molecular formula is C9H12N2O3. The van der Waals surface area contributed by atoms with Gasteiger partial charge in [0.2, 0.25) is 0 Å². The molecular weight excluding hydrogens is 184 g/mol. The minimum Gasteiger partial charge on any atom is -0.497 e. The summed E-state index contributed by atoms with van der Waals surface area (Å²) in [6, 6.07) is 7.24. The molecule has 1 aromatic carbocycles. The summed E-state index contributed by atoms with van der Waals surface area (Å²) in [6.07, 6.45) is -0.659. The largest absolute Gasteiger partial charge is 0.497 e. The van der Waals surface area contributed by atoms with Gasteiger partial charge in [0.1, 0.15) is 12.4 Å². The number of carbonyl (C=O) groups excluding carboxylic acids is 1. The first-order valence-corrected chi connectivity index (χ1v) is 4.02. The number of hydrogen-bond acceptors (Lipinski definition) is 4. The van der Waals surface area contributed by atoms with E-state index in [0.717, 1.165) is 11.3 Å². The van der Waals surface area contributed by atoms with Crippen LogP contribution in [0.15, 0.2) is 24.3 Å². The number of benzene rings is 1. The summed E-state index contributed by atoms with van der Waals surface area (Å²) < 4.78 is 9.75. The summed E-state index contributed by atoms with van der Waals surface area (Å²) in [5.74, 6) is 5.56. The van der Waals surface area contributed by atoms with Crippen molar-refractivity contribution in [1.29, 1.82) is 0 Å². The molecule has 0 heterocycles. The highest BCUT2D eigenvalue weighted by molar-refractivity contribution is 5.66. The van der Waals surface area contributed by atoms with Gasteiger partial charge in [0.25, 0.3) is 0 Å². The van der Waals surface area contributed by atoms with Gasteiger partial charge in [0, 0.05) is 0 Å². The van der Waals surface area contributed by atoms with Crippen molar-refractivity contribution < 1.29 is 14.3 Å². The molecule has 1 rings (SSSR count). The summed E-state index contributed by atoms with van der Waals surface area (Å²) in [5.41, 5.74) is 2.71. The van der Waals surface area contributed by atoms with Crippen molar-refractivity contribution >= 4 is 6.09 Å². The number of rotatable bonds is 3. The van der Waals surface area contributed by atoms with Crippen molar-refractivity contribution in [3.05, 3.63) is 29.8 Å². The number of ether oxygens (including phenoxy) is 2. The lowest BCUT2D eigenvalue weighted by atomic mass is 10.2. The van der Waals surface area contributed by atoms with Gasteiger partial charge in [0.05, 0.1) is 7.11 Å². The van der Waals surface area contributed by atoms with Crippen LogP contribution in [0.2, 0.25) is 0 Å². The molecule has 0 aliphatic heterocycles. The topological polar surface area (TPSA) is 73.6 Å². The third kappa shape index (κ3) is 2.95. The normalized spacial score (nSPS) is 9.29. The van der Waals surface area contributed by atoms with Crippen molar-refractivity contribution in [2.75, 3.05) is 7.11 Å². The van der Waals surface area contributed by atoms with Crippen LogP contribution in [0.5, 0.6) is 5.75 Å². The smallest absolute Gasteiger partial charge is 0.421 e. The Balaban J connectivity index is 2.54. The zero-order valence-electron chi connectivity index (χ0n) is 7.82. The van der Waals surface area contributed by atoms with Gasteiger partial charge >= 0.3 is 6.09 Å². The number of hydrogen-bond donors (Lipinski definition) is 2. The first-order chi connectivity index (χ1) is 6.76. The highest BCUT2D eigenvalue weighted by Gasteiger charge is 2.00. The molecule has 14 heavy (non-hydrogen) atoms. The van der Waals surface area contributed by atoms with Crippen LogP contribution in [0, 0.1) is 0 Å². The van der Waals surface area contributed by atoms with Crippen LogP contribution in [-0.4, -0.2) is 13.2 Å². The predicted molar refractivity (Wildman–Crippen MR) is 50.5 cm³/mol. The molecule has 0 atom stereocenters. The van der Waals surface area contributed by atoms with Crippen LogP contribution < -0.4 is 16.0 Å². The molecule has 5 heteroatoms. The molecule has 5 nitrogen and oxygen atoms in total. The van der Waals surface area contributed by atoms with Gasteiger partial charge in [0.15, 0.2) is 0 Å². The van der Waals surface area contributed by atoms with Crippen LogP contribution in [-0.2, 0) is 11.3 Å². The fourth-order valence-corrected chi connectivity index (χ4v) is 0.953. The zero-order chi connectivity index (χ0) is 10.4. The average molecular weight is 196 g/mol. The number of nitrogens with one attached hydrogen (secondary N) is 1. The maximum absolute atomic E-state index is 10.7. The molecule has 1 aromatic rings. The molecule has 3 N–H and O–H groups in total. The number of methoxy groups -OCH3 is 1. The van der Waals surface area contributed by atoms with E-state index in [0.29, 0.717) is 0 Å². The maximum Gasteiger partial charge on any atom is 0.421 e. The van der Waals surface area contributed by atoms with E-state index < -0.39 is 6.09 Å². The van der Waals surface area contributed by atoms with E-state index in [9.17, 15) is 4.79 Å². The second-order valence-corrected chi connectivity index (χ2v) is 2.57. The average Bonchev–Trinajstić information content (AvgIpc) is 2.26. The molecule has 0 saturated heterocycles. The summed E-state index contributed by atoms with van der Waals surface area (Å²) >= 11 is 0. The molecule has 0 unspecified atom stereocenters. The van der Waals surface area contributed by atoms with Gasteiger partial charge in [-0.25, -0.2) is 10.6 Å². The number of hydrazine groups is 1. The van der Waals surface area contributed by atoms with E-state index in [2.05, 4.69) is 0 Å². The fraction of sp³-hybridized carbons (Fsp3) is 0.222. The quantitative estimate of drug-likeness (QED) is 0.426. The van der Waals surface area contributed by atoms with E-state index >= 15 is 0 Å². The lowest BCUT2D eigenvalue weighted by Gasteiger charge is -2.05. The first kappa shape index (κ1) is 10.3. The van der Waals surface area contributed by atoms with Crippen LogP contribution in [0.3, 0.4) is 0 Å². The maximum atomic E-state index is 10.7. The Morgan fingerprint density at radius 1 is 1.57 bits per heavy atom. The van der Waals surface area contributed by atoms with Crippen molar-refractivity contribution in [3.63, 3.8) is 0 Å². The van der Waals surface area contributed by atoms with Crippen molar-refractivity contribution in [3.8, 4) is 5.75 Å². The monoisotopic (exact) mass is 196 g/mol. The van der Waals surface area contributed by atoms with Crippen LogP contribution in [0.1, 0.15) is 5.56 Å². The molecule has 76 valence electrons. The highest BCUT2D eigenvalue weighted by atomic mass is 16.5. The third-order valence-electron chi connectivity index (χ3n) is 1.62. The van der Waals surface area contributed by atoms with Crippen molar-refractivity contribution in [1.82, 2.24) is 5.43 Å². The molecule has 0 fully saturated rings. The zero-order valence-corrected chi connectivity index (χ0v) is 7.82. The van der Waals surface area contributed by atoms with Gasteiger partial charge in [-0.3, -0.25) is 5.43 Å². The summed E-state index contributed by atoms with van der Waals surface area (Å²) in [7, 11) is 1.58. The predicted octanol–water partition coefficient (Wildman–Crippen LogP) is 0.795. The Morgan fingerprint density at radius 2 is 2.36 bits per heavy atom.